The molecule has 3 heterocycles. The topological polar surface area (TPSA) is 88.1 Å². The molecule has 1 saturated heterocycles. The smallest absolute Gasteiger partial charge is 0.174 e. The molecule has 3 rings (SSSR count). The largest absolute Gasteiger partial charge is 0.382 e. The lowest BCUT2D eigenvalue weighted by molar-refractivity contribution is 0.0592. The molecular formula is C10H14N5O2PS3. The average Bonchev–Trinajstić information content (AvgIpc) is 3.07. The van der Waals surface area contributed by atoms with Crippen LogP contribution in [0.25, 0.3) is 11.2 Å². The lowest BCUT2D eigenvalue weighted by atomic mass is 10.5. The number of imidazole rings is 1. The summed E-state index contributed by atoms with van der Waals surface area (Å²) in [5.41, 5.74) is 6.98. The van der Waals surface area contributed by atoms with Crippen molar-refractivity contribution in [1.82, 2.24) is 19.5 Å². The second-order valence-corrected chi connectivity index (χ2v) is 14.9. The molecule has 0 amide bonds. The van der Waals surface area contributed by atoms with E-state index in [0.717, 1.165) is 11.5 Å². The number of nitrogens with two attached hydrogens (primary N) is 1. The van der Waals surface area contributed by atoms with Gasteiger partial charge in [0.2, 0.25) is 0 Å². The van der Waals surface area contributed by atoms with E-state index in [4.69, 9.17) is 26.8 Å². The molecule has 0 unspecified atom stereocenters. The van der Waals surface area contributed by atoms with Gasteiger partial charge in [0.05, 0.1) is 19.5 Å². The van der Waals surface area contributed by atoms with Crippen LogP contribution < -0.4 is 5.73 Å². The van der Waals surface area contributed by atoms with Gasteiger partial charge in [0, 0.05) is 11.5 Å². The Bertz CT molecular complexity index is 672. The summed E-state index contributed by atoms with van der Waals surface area (Å²) in [5.74, 6) is 2.55. The first-order chi connectivity index (χ1) is 10.2. The van der Waals surface area contributed by atoms with Crippen LogP contribution in [0.4, 0.5) is 5.82 Å². The number of anilines is 1. The van der Waals surface area contributed by atoms with Crippen molar-refractivity contribution in [2.24, 2.45) is 0 Å². The Morgan fingerprint density at radius 2 is 2.10 bits per heavy atom. The van der Waals surface area contributed by atoms with Crippen molar-refractivity contribution in [3.8, 4) is 0 Å². The van der Waals surface area contributed by atoms with Crippen molar-refractivity contribution in [3.05, 3.63) is 12.7 Å². The zero-order valence-corrected chi connectivity index (χ0v) is 14.4. The standard InChI is InChI=1S/C10H14N5O2PS3/c11-9-8-10(13-5-12-9)15(6-14-8)7-16-1-2-17-18(19)20-3-4-21-18/h5-6H,1-4,7H2,(H2,11,12,13). The van der Waals surface area contributed by atoms with Crippen LogP contribution >= 0.6 is 27.4 Å². The fourth-order valence-corrected chi connectivity index (χ4v) is 10.7. The highest BCUT2D eigenvalue weighted by Gasteiger charge is 2.24. The van der Waals surface area contributed by atoms with Crippen LogP contribution in [0.15, 0.2) is 12.7 Å². The van der Waals surface area contributed by atoms with Gasteiger partial charge < -0.3 is 15.0 Å². The van der Waals surface area contributed by atoms with Crippen molar-refractivity contribution >= 4 is 56.2 Å². The van der Waals surface area contributed by atoms with Gasteiger partial charge in [-0.3, -0.25) is 4.57 Å². The van der Waals surface area contributed by atoms with E-state index in [1.165, 1.54) is 6.33 Å². The van der Waals surface area contributed by atoms with E-state index >= 15 is 0 Å². The second kappa shape index (κ2) is 6.80. The predicted octanol–water partition coefficient (Wildman–Crippen LogP) is 2.10. The SMILES string of the molecule is Nc1ncnc2c1ncn2COCCOP1(=S)SCCS1. The number of hydrogen-bond acceptors (Lipinski definition) is 9. The zero-order chi connectivity index (χ0) is 14.7. The quantitative estimate of drug-likeness (QED) is 0.612. The maximum atomic E-state index is 5.77. The molecule has 0 bridgehead atoms. The number of rotatable bonds is 6. The van der Waals surface area contributed by atoms with Crippen molar-refractivity contribution in [2.75, 3.05) is 30.5 Å². The molecule has 0 radical (unpaired) electrons. The summed E-state index contributed by atoms with van der Waals surface area (Å²) in [5, 5.41) is 0. The van der Waals surface area contributed by atoms with Crippen LogP contribution in [0.2, 0.25) is 0 Å². The summed E-state index contributed by atoms with van der Waals surface area (Å²) in [6.45, 7) is 1.35. The van der Waals surface area contributed by atoms with E-state index in [0.29, 0.717) is 36.9 Å². The van der Waals surface area contributed by atoms with Crippen molar-refractivity contribution in [1.29, 1.82) is 0 Å². The first kappa shape index (κ1) is 15.5. The zero-order valence-electron chi connectivity index (χ0n) is 11.0. The minimum Gasteiger partial charge on any atom is -0.382 e. The molecule has 1 aliphatic heterocycles. The fourth-order valence-electron chi connectivity index (χ4n) is 1.77. The summed E-state index contributed by atoms with van der Waals surface area (Å²) in [4.78, 5) is 12.2. The average molecular weight is 363 g/mol. The second-order valence-electron chi connectivity index (χ2n) is 4.13. The molecule has 0 atom stereocenters. The third-order valence-electron chi connectivity index (χ3n) is 2.72. The summed E-state index contributed by atoms with van der Waals surface area (Å²) in [6.07, 6.45) is 3.06. The summed E-state index contributed by atoms with van der Waals surface area (Å²) < 4.78 is 11.5. The maximum absolute atomic E-state index is 5.77. The number of aromatic nitrogens is 4. The van der Waals surface area contributed by atoms with Crippen LogP contribution in [0, 0.1) is 0 Å². The number of nitrogen functional groups attached to an aromatic ring is 1. The Hall–Kier alpha value is -0.380. The highest BCUT2D eigenvalue weighted by molar-refractivity contribution is 9.00. The molecular weight excluding hydrogens is 349 g/mol. The number of hydrogen-bond donors (Lipinski definition) is 1. The monoisotopic (exact) mass is 363 g/mol. The van der Waals surface area contributed by atoms with Crippen LogP contribution in [0.1, 0.15) is 0 Å². The Morgan fingerprint density at radius 1 is 1.29 bits per heavy atom. The third kappa shape index (κ3) is 3.69. The van der Waals surface area contributed by atoms with Crippen LogP contribution in [0.5, 0.6) is 0 Å². The number of fused-ring (bicyclic) bond motifs is 1. The molecule has 2 N–H and O–H groups in total. The lowest BCUT2D eigenvalue weighted by Crippen LogP contribution is -2.07. The molecule has 7 nitrogen and oxygen atoms in total. The Morgan fingerprint density at radius 3 is 2.90 bits per heavy atom. The van der Waals surface area contributed by atoms with Crippen LogP contribution in [0.3, 0.4) is 0 Å². The van der Waals surface area contributed by atoms with Gasteiger partial charge in [0.1, 0.15) is 18.6 Å². The highest BCUT2D eigenvalue weighted by Crippen LogP contribution is 2.74. The molecule has 0 aromatic carbocycles. The van der Waals surface area contributed by atoms with E-state index in [-0.39, 0.29) is 0 Å². The van der Waals surface area contributed by atoms with Crippen molar-refractivity contribution in [2.45, 2.75) is 6.73 Å². The molecule has 0 saturated carbocycles. The van der Waals surface area contributed by atoms with Crippen LogP contribution in [-0.2, 0) is 27.8 Å². The van der Waals surface area contributed by atoms with Gasteiger partial charge in [0.25, 0.3) is 0 Å². The minimum atomic E-state index is -1.69. The van der Waals surface area contributed by atoms with E-state index in [9.17, 15) is 0 Å². The van der Waals surface area contributed by atoms with Gasteiger partial charge in [-0.1, -0.05) is 22.8 Å². The van der Waals surface area contributed by atoms with Gasteiger partial charge in [-0.15, -0.1) is 0 Å². The minimum absolute atomic E-state index is 0.347. The summed E-state index contributed by atoms with van der Waals surface area (Å²) >= 11 is 9.02. The lowest BCUT2D eigenvalue weighted by Gasteiger charge is -2.13. The molecule has 114 valence electrons. The highest BCUT2D eigenvalue weighted by atomic mass is 33.2. The first-order valence-corrected chi connectivity index (χ1v) is 12.1. The van der Waals surface area contributed by atoms with Gasteiger partial charge in [-0.25, -0.2) is 15.0 Å². The Labute approximate surface area is 135 Å². The van der Waals surface area contributed by atoms with Crippen LogP contribution in [-0.4, -0.2) is 44.2 Å². The Kier molecular flexibility index (Phi) is 5.03. The number of ether oxygens (including phenoxy) is 1. The van der Waals surface area contributed by atoms with Gasteiger partial charge in [-0.2, -0.15) is 0 Å². The van der Waals surface area contributed by atoms with E-state index in [1.54, 1.807) is 33.7 Å². The molecule has 0 aliphatic carbocycles. The third-order valence-corrected chi connectivity index (χ3v) is 12.6. The summed E-state index contributed by atoms with van der Waals surface area (Å²) in [6, 6.07) is 0. The van der Waals surface area contributed by atoms with E-state index in [1.807, 2.05) is 0 Å². The fraction of sp³-hybridized carbons (Fsp3) is 0.500. The first-order valence-electron chi connectivity index (χ1n) is 6.21. The molecule has 21 heavy (non-hydrogen) atoms. The predicted molar refractivity (Wildman–Crippen MR) is 90.8 cm³/mol. The van der Waals surface area contributed by atoms with Gasteiger partial charge in [-0.05, 0) is 11.8 Å². The van der Waals surface area contributed by atoms with Gasteiger partial charge >= 0.3 is 0 Å². The molecule has 1 fully saturated rings. The normalized spacial score (nSPS) is 17.5. The van der Waals surface area contributed by atoms with Crippen molar-refractivity contribution < 1.29 is 9.26 Å². The molecule has 2 aromatic rings. The molecule has 0 spiro atoms. The molecule has 1 aliphatic rings. The Balaban J connectivity index is 1.49. The van der Waals surface area contributed by atoms with E-state index < -0.39 is 4.67 Å². The van der Waals surface area contributed by atoms with Crippen molar-refractivity contribution in [3.63, 3.8) is 0 Å². The van der Waals surface area contributed by atoms with E-state index in [2.05, 4.69) is 15.0 Å². The maximum Gasteiger partial charge on any atom is 0.174 e. The summed E-state index contributed by atoms with van der Waals surface area (Å²) in [7, 11) is 0. The molecule has 11 heteroatoms. The number of nitrogens with zero attached hydrogens (tertiary/aromatic N) is 4. The molecule has 2 aromatic heterocycles. The van der Waals surface area contributed by atoms with Gasteiger partial charge in [0.15, 0.2) is 16.1 Å².